The second-order valence-corrected chi connectivity index (χ2v) is 4.70. The van der Waals surface area contributed by atoms with Crippen LogP contribution in [0.25, 0.3) is 0 Å². The Morgan fingerprint density at radius 1 is 1.42 bits per heavy atom. The minimum atomic E-state index is -4.43. The third-order valence-corrected chi connectivity index (χ3v) is 3.27. The van der Waals surface area contributed by atoms with E-state index in [4.69, 9.17) is 0 Å². The Morgan fingerprint density at radius 2 is 2.16 bits per heavy atom. The van der Waals surface area contributed by atoms with E-state index < -0.39 is 11.7 Å². The number of nitrogens with one attached hydrogen (secondary N) is 1. The van der Waals surface area contributed by atoms with Gasteiger partial charge in [-0.1, -0.05) is 15.9 Å². The lowest BCUT2D eigenvalue weighted by Crippen LogP contribution is -2.18. The van der Waals surface area contributed by atoms with Crippen LogP contribution in [0.1, 0.15) is 12.0 Å². The van der Waals surface area contributed by atoms with Crippen molar-refractivity contribution < 1.29 is 18.0 Å². The standard InChI is InChI=1S/C11H9BrF3N3O/c12-9-2-1-7(5-8(9)11(13,14)15)18-4-3-10(17-18)16-6-19/h1-2,5-6H,3-4H2,(H,16,17,19). The van der Waals surface area contributed by atoms with Crippen molar-refractivity contribution >= 4 is 33.9 Å². The molecule has 0 aromatic heterocycles. The Kier molecular flexibility index (Phi) is 3.79. The van der Waals surface area contributed by atoms with Gasteiger partial charge in [0.25, 0.3) is 0 Å². The number of alkyl halides is 3. The van der Waals surface area contributed by atoms with Crippen molar-refractivity contribution in [2.45, 2.75) is 12.6 Å². The quantitative estimate of drug-likeness (QED) is 0.844. The molecule has 0 saturated heterocycles. The van der Waals surface area contributed by atoms with Crippen LogP contribution in [-0.4, -0.2) is 18.8 Å². The highest BCUT2D eigenvalue weighted by molar-refractivity contribution is 9.10. The smallest absolute Gasteiger partial charge is 0.315 e. The van der Waals surface area contributed by atoms with Crippen molar-refractivity contribution in [3.63, 3.8) is 0 Å². The van der Waals surface area contributed by atoms with Crippen molar-refractivity contribution in [2.75, 3.05) is 11.6 Å². The van der Waals surface area contributed by atoms with Crippen LogP contribution in [0.5, 0.6) is 0 Å². The number of hydrogen-bond acceptors (Lipinski definition) is 3. The van der Waals surface area contributed by atoms with Gasteiger partial charge < -0.3 is 5.32 Å². The van der Waals surface area contributed by atoms with Crippen LogP contribution < -0.4 is 10.3 Å². The Morgan fingerprint density at radius 3 is 2.79 bits per heavy atom. The topological polar surface area (TPSA) is 44.7 Å². The first-order chi connectivity index (χ1) is 8.91. The van der Waals surface area contributed by atoms with Gasteiger partial charge in [0, 0.05) is 17.4 Å². The summed E-state index contributed by atoms with van der Waals surface area (Å²) in [6.45, 7) is 0.426. The number of carbonyl (C=O) groups is 1. The van der Waals surface area contributed by atoms with Gasteiger partial charge in [0.2, 0.25) is 6.41 Å². The van der Waals surface area contributed by atoms with E-state index in [1.807, 2.05) is 0 Å². The number of rotatable bonds is 2. The number of anilines is 1. The minimum Gasteiger partial charge on any atom is -0.315 e. The van der Waals surface area contributed by atoms with Gasteiger partial charge in [-0.15, -0.1) is 0 Å². The molecule has 0 bridgehead atoms. The summed E-state index contributed by atoms with van der Waals surface area (Å²) in [6.07, 6.45) is -3.45. The lowest BCUT2D eigenvalue weighted by atomic mass is 10.2. The molecule has 102 valence electrons. The van der Waals surface area contributed by atoms with Gasteiger partial charge in [0.15, 0.2) is 0 Å². The van der Waals surface area contributed by atoms with Gasteiger partial charge in [-0.05, 0) is 18.2 Å². The third-order valence-electron chi connectivity index (χ3n) is 2.58. The average Bonchev–Trinajstić information content (AvgIpc) is 2.77. The maximum Gasteiger partial charge on any atom is 0.417 e. The molecule has 1 aromatic rings. The molecule has 0 aliphatic carbocycles. The molecule has 1 aromatic carbocycles. The number of halogens is 4. The van der Waals surface area contributed by atoms with E-state index in [0.717, 1.165) is 6.07 Å². The Labute approximate surface area is 115 Å². The Balaban J connectivity index is 2.30. The average molecular weight is 336 g/mol. The van der Waals surface area contributed by atoms with Crippen LogP contribution >= 0.6 is 15.9 Å². The molecule has 0 fully saturated rings. The fraction of sp³-hybridized carbons (Fsp3) is 0.273. The zero-order valence-electron chi connectivity index (χ0n) is 9.54. The third kappa shape index (κ3) is 3.06. The van der Waals surface area contributed by atoms with Gasteiger partial charge in [0.1, 0.15) is 5.84 Å². The molecular formula is C11H9BrF3N3O. The molecule has 1 N–H and O–H groups in total. The van der Waals surface area contributed by atoms with Crippen molar-refractivity contribution in [3.05, 3.63) is 28.2 Å². The van der Waals surface area contributed by atoms with E-state index in [1.54, 1.807) is 0 Å². The first-order valence-corrected chi connectivity index (χ1v) is 6.13. The maximum absolute atomic E-state index is 12.8. The Bertz CT molecular complexity index is 530. The van der Waals surface area contributed by atoms with E-state index in [9.17, 15) is 18.0 Å². The summed E-state index contributed by atoms with van der Waals surface area (Å²) in [7, 11) is 0. The lowest BCUT2D eigenvalue weighted by molar-refractivity contribution is -0.138. The maximum atomic E-state index is 12.8. The van der Waals surface area contributed by atoms with Crippen LogP contribution in [-0.2, 0) is 11.0 Å². The number of benzene rings is 1. The zero-order valence-corrected chi connectivity index (χ0v) is 11.1. The van der Waals surface area contributed by atoms with Gasteiger partial charge in [0.05, 0.1) is 11.3 Å². The molecule has 0 spiro atoms. The van der Waals surface area contributed by atoms with Gasteiger partial charge >= 0.3 is 6.18 Å². The van der Waals surface area contributed by atoms with Crippen LogP contribution in [0.2, 0.25) is 0 Å². The summed E-state index contributed by atoms with van der Waals surface area (Å²) in [4.78, 5) is 10.3. The molecule has 1 amide bonds. The van der Waals surface area contributed by atoms with Crippen LogP contribution in [0.4, 0.5) is 18.9 Å². The van der Waals surface area contributed by atoms with Gasteiger partial charge in [-0.25, -0.2) is 0 Å². The van der Waals surface area contributed by atoms with E-state index >= 15 is 0 Å². The zero-order chi connectivity index (χ0) is 14.0. The second kappa shape index (κ2) is 5.20. The molecule has 0 atom stereocenters. The molecule has 8 heteroatoms. The predicted molar refractivity (Wildman–Crippen MR) is 67.7 cm³/mol. The molecule has 0 saturated carbocycles. The number of hydrazone groups is 1. The van der Waals surface area contributed by atoms with Gasteiger partial charge in [-0.3, -0.25) is 9.80 Å². The van der Waals surface area contributed by atoms with Crippen molar-refractivity contribution in [3.8, 4) is 0 Å². The fourth-order valence-electron chi connectivity index (χ4n) is 1.70. The van der Waals surface area contributed by atoms with Crippen molar-refractivity contribution in [1.82, 2.24) is 5.32 Å². The summed E-state index contributed by atoms with van der Waals surface area (Å²) in [5, 5.41) is 7.85. The largest absolute Gasteiger partial charge is 0.417 e. The van der Waals surface area contributed by atoms with Crippen LogP contribution in [0, 0.1) is 0 Å². The molecule has 1 aliphatic heterocycles. The predicted octanol–water partition coefficient (Wildman–Crippen LogP) is 2.74. The highest BCUT2D eigenvalue weighted by Gasteiger charge is 2.33. The van der Waals surface area contributed by atoms with Crippen molar-refractivity contribution in [2.24, 2.45) is 5.10 Å². The molecule has 0 unspecified atom stereocenters. The number of amides is 1. The number of carbonyl (C=O) groups excluding carboxylic acids is 1. The minimum absolute atomic E-state index is 0.0156. The summed E-state index contributed by atoms with van der Waals surface area (Å²) in [5.74, 6) is 0.437. The molecular weight excluding hydrogens is 327 g/mol. The highest BCUT2D eigenvalue weighted by atomic mass is 79.9. The lowest BCUT2D eigenvalue weighted by Gasteiger charge is -2.16. The SMILES string of the molecule is O=CNC1=NN(c2ccc(Br)c(C(F)(F)F)c2)CC1. The first kappa shape index (κ1) is 13.9. The summed E-state index contributed by atoms with van der Waals surface area (Å²) < 4.78 is 38.3. The first-order valence-electron chi connectivity index (χ1n) is 5.34. The van der Waals surface area contributed by atoms with E-state index in [1.165, 1.54) is 17.1 Å². The van der Waals surface area contributed by atoms with E-state index in [0.29, 0.717) is 30.9 Å². The normalized spacial score (nSPS) is 15.4. The van der Waals surface area contributed by atoms with Crippen LogP contribution in [0.3, 0.4) is 0 Å². The molecule has 4 nitrogen and oxygen atoms in total. The highest BCUT2D eigenvalue weighted by Crippen LogP contribution is 2.37. The number of nitrogens with zero attached hydrogens (tertiary/aromatic N) is 2. The summed E-state index contributed by atoms with van der Waals surface area (Å²) in [6, 6.07) is 3.89. The fourth-order valence-corrected chi connectivity index (χ4v) is 2.18. The molecule has 19 heavy (non-hydrogen) atoms. The van der Waals surface area contributed by atoms with Crippen molar-refractivity contribution in [1.29, 1.82) is 0 Å². The molecule has 1 heterocycles. The molecule has 1 aliphatic rings. The molecule has 2 rings (SSSR count). The monoisotopic (exact) mass is 335 g/mol. The van der Waals surface area contributed by atoms with Crippen LogP contribution in [0.15, 0.2) is 27.8 Å². The Hall–Kier alpha value is -1.57. The van der Waals surface area contributed by atoms with Gasteiger partial charge in [-0.2, -0.15) is 18.3 Å². The summed E-state index contributed by atoms with van der Waals surface area (Å²) in [5.41, 5.74) is -0.421. The van der Waals surface area contributed by atoms with E-state index in [-0.39, 0.29) is 4.47 Å². The number of amidine groups is 1. The van der Waals surface area contributed by atoms with E-state index in [2.05, 4.69) is 26.3 Å². The summed E-state index contributed by atoms with van der Waals surface area (Å²) >= 11 is 2.88. The molecule has 0 radical (unpaired) electrons. The number of hydrogen-bond donors (Lipinski definition) is 1. The second-order valence-electron chi connectivity index (χ2n) is 3.84.